The summed E-state index contributed by atoms with van der Waals surface area (Å²) in [5.74, 6) is 0. The Labute approximate surface area is 198 Å². The number of pyridine rings is 1. The van der Waals surface area contributed by atoms with E-state index in [9.17, 15) is 14.1 Å². The molecular formula is C22H31N5O4S2. The standard InChI is InChI=1S/C22H31N5O4S2/c1-21(2)10-9-13-16(12-7-6-8-14(12)24-17(13)21)26-20(28)27-33(23,30)18-15(11-31-5)25-19(32-18)22(3,4)29/h29H,6-11H2,1-5H3,(H3,23,24,26,27,28,30)/t33-/m1/s1. The first-order valence-corrected chi connectivity index (χ1v) is 13.4. The van der Waals surface area contributed by atoms with Crippen LogP contribution in [0, 0.1) is 0 Å². The van der Waals surface area contributed by atoms with Crippen LogP contribution in [0.1, 0.15) is 73.8 Å². The molecule has 0 radical (unpaired) electrons. The average Bonchev–Trinajstić information content (AvgIpc) is 3.39. The molecule has 0 aliphatic heterocycles. The number of rotatable bonds is 5. The second kappa shape index (κ2) is 8.38. The van der Waals surface area contributed by atoms with Gasteiger partial charge in [0.1, 0.15) is 14.8 Å². The molecule has 2 aliphatic carbocycles. The van der Waals surface area contributed by atoms with Crippen LogP contribution in [0.15, 0.2) is 8.57 Å². The van der Waals surface area contributed by atoms with Crippen molar-refractivity contribution in [3.05, 3.63) is 33.2 Å². The molecule has 180 valence electrons. The summed E-state index contributed by atoms with van der Waals surface area (Å²) < 4.78 is 22.5. The third-order valence-electron chi connectivity index (χ3n) is 6.15. The van der Waals surface area contributed by atoms with Crippen molar-refractivity contribution in [3.63, 3.8) is 0 Å². The average molecular weight is 494 g/mol. The quantitative estimate of drug-likeness (QED) is 0.582. The number of carbonyl (C=O) groups is 1. The number of aliphatic hydroxyl groups is 1. The maximum absolute atomic E-state index is 13.4. The monoisotopic (exact) mass is 493 g/mol. The highest BCUT2D eigenvalue weighted by molar-refractivity contribution is 7.93. The van der Waals surface area contributed by atoms with Crippen molar-refractivity contribution in [3.8, 4) is 0 Å². The van der Waals surface area contributed by atoms with Gasteiger partial charge in [-0.25, -0.2) is 19.1 Å². The lowest BCUT2D eigenvalue weighted by molar-refractivity contribution is 0.0776. The Morgan fingerprint density at radius 1 is 1.30 bits per heavy atom. The second-order valence-electron chi connectivity index (χ2n) is 9.81. The molecule has 1 atom stereocenters. The van der Waals surface area contributed by atoms with E-state index in [4.69, 9.17) is 14.9 Å². The predicted octanol–water partition coefficient (Wildman–Crippen LogP) is 3.56. The van der Waals surface area contributed by atoms with Gasteiger partial charge in [0.25, 0.3) is 0 Å². The topological polar surface area (TPSA) is 140 Å². The largest absolute Gasteiger partial charge is 0.383 e. The highest BCUT2D eigenvalue weighted by Crippen LogP contribution is 2.44. The SMILES string of the molecule is COCc1nc(C(C)(C)O)sc1[S@](N)(=O)=NC(=O)Nc1c2c(nc3c1CCC3(C)C)CCC2. The second-order valence-corrected chi connectivity index (χ2v) is 12.8. The Bertz CT molecular complexity index is 1240. The van der Waals surface area contributed by atoms with E-state index in [0.29, 0.717) is 10.7 Å². The fourth-order valence-corrected chi connectivity index (χ4v) is 6.93. The predicted molar refractivity (Wildman–Crippen MR) is 128 cm³/mol. The van der Waals surface area contributed by atoms with Crippen LogP contribution in [0.3, 0.4) is 0 Å². The molecule has 2 aromatic rings. The normalized spacial score (nSPS) is 18.5. The van der Waals surface area contributed by atoms with Crippen LogP contribution in [0.5, 0.6) is 0 Å². The molecule has 4 rings (SSSR count). The Balaban J connectivity index is 1.72. The number of nitrogens with zero attached hydrogens (tertiary/aromatic N) is 3. The zero-order valence-electron chi connectivity index (χ0n) is 19.7. The van der Waals surface area contributed by atoms with Crippen LogP contribution in [0.25, 0.3) is 0 Å². The van der Waals surface area contributed by atoms with Crippen LogP contribution in [0.2, 0.25) is 0 Å². The molecule has 9 nitrogen and oxygen atoms in total. The van der Waals surface area contributed by atoms with Crippen molar-refractivity contribution >= 4 is 33.0 Å². The number of urea groups is 1. The van der Waals surface area contributed by atoms with E-state index in [0.717, 1.165) is 71.6 Å². The van der Waals surface area contributed by atoms with Crippen molar-refractivity contribution in [2.24, 2.45) is 9.50 Å². The Kier molecular flexibility index (Phi) is 6.15. The molecule has 0 spiro atoms. The molecule has 0 unspecified atom stereocenters. The highest BCUT2D eigenvalue weighted by Gasteiger charge is 2.36. The Morgan fingerprint density at radius 2 is 2.03 bits per heavy atom. The first-order chi connectivity index (χ1) is 15.3. The summed E-state index contributed by atoms with van der Waals surface area (Å²) in [6.45, 7) is 7.50. The van der Waals surface area contributed by atoms with Gasteiger partial charge in [-0.3, -0.25) is 4.98 Å². The number of aryl methyl sites for hydroxylation is 1. The van der Waals surface area contributed by atoms with E-state index in [1.165, 1.54) is 7.11 Å². The van der Waals surface area contributed by atoms with Crippen molar-refractivity contribution in [1.29, 1.82) is 0 Å². The van der Waals surface area contributed by atoms with E-state index in [-0.39, 0.29) is 16.2 Å². The molecule has 2 heterocycles. The third-order valence-corrected chi connectivity index (χ3v) is 9.52. The van der Waals surface area contributed by atoms with Crippen LogP contribution in [-0.2, 0) is 51.5 Å². The molecule has 2 aromatic heterocycles. The van der Waals surface area contributed by atoms with Gasteiger partial charge in [-0.1, -0.05) is 13.8 Å². The minimum Gasteiger partial charge on any atom is -0.383 e. The molecular weight excluding hydrogens is 462 g/mol. The zero-order valence-corrected chi connectivity index (χ0v) is 21.3. The van der Waals surface area contributed by atoms with E-state index >= 15 is 0 Å². The van der Waals surface area contributed by atoms with Gasteiger partial charge >= 0.3 is 6.03 Å². The minimum absolute atomic E-state index is 0.0354. The Morgan fingerprint density at radius 3 is 2.70 bits per heavy atom. The van der Waals surface area contributed by atoms with Crippen molar-refractivity contribution in [2.45, 2.75) is 81.6 Å². The van der Waals surface area contributed by atoms with Gasteiger partial charge in [0, 0.05) is 18.2 Å². The molecule has 0 saturated heterocycles. The van der Waals surface area contributed by atoms with Gasteiger partial charge < -0.3 is 15.2 Å². The summed E-state index contributed by atoms with van der Waals surface area (Å²) in [5.41, 5.74) is 3.86. The zero-order chi connectivity index (χ0) is 24.2. The number of nitrogens with one attached hydrogen (secondary N) is 1. The molecule has 0 aromatic carbocycles. The van der Waals surface area contributed by atoms with E-state index in [2.05, 4.69) is 28.5 Å². The van der Waals surface area contributed by atoms with Gasteiger partial charge in [-0.15, -0.1) is 15.7 Å². The molecule has 0 fully saturated rings. The molecule has 0 saturated carbocycles. The Hall–Kier alpha value is -1.92. The van der Waals surface area contributed by atoms with Gasteiger partial charge in [-0.2, -0.15) is 0 Å². The van der Waals surface area contributed by atoms with Gasteiger partial charge in [-0.05, 0) is 57.1 Å². The number of ether oxygens (including phenoxy) is 1. The fourth-order valence-electron chi connectivity index (χ4n) is 4.48. The minimum atomic E-state index is -3.61. The summed E-state index contributed by atoms with van der Waals surface area (Å²) in [6.07, 6.45) is 4.48. The third kappa shape index (κ3) is 4.57. The summed E-state index contributed by atoms with van der Waals surface area (Å²) >= 11 is 0.976. The maximum Gasteiger partial charge on any atom is 0.354 e. The van der Waals surface area contributed by atoms with Crippen LogP contribution < -0.4 is 10.5 Å². The summed E-state index contributed by atoms with van der Waals surface area (Å²) in [7, 11) is -2.14. The van der Waals surface area contributed by atoms with E-state index in [1.54, 1.807) is 13.8 Å². The van der Waals surface area contributed by atoms with Crippen molar-refractivity contribution in [1.82, 2.24) is 9.97 Å². The molecule has 2 aliphatic rings. The van der Waals surface area contributed by atoms with E-state index < -0.39 is 21.5 Å². The van der Waals surface area contributed by atoms with Crippen LogP contribution in [-0.4, -0.2) is 32.4 Å². The number of anilines is 1. The molecule has 0 bridgehead atoms. The number of hydrogen-bond acceptors (Lipinski definition) is 7. The first kappa shape index (κ1) is 24.2. The number of amides is 2. The van der Waals surface area contributed by atoms with Crippen LogP contribution >= 0.6 is 11.3 Å². The summed E-state index contributed by atoms with van der Waals surface area (Å²) in [4.78, 5) is 22.2. The first-order valence-electron chi connectivity index (χ1n) is 11.0. The smallest absolute Gasteiger partial charge is 0.354 e. The number of thiazole rings is 1. The lowest BCUT2D eigenvalue weighted by atomic mass is 9.90. The highest BCUT2D eigenvalue weighted by atomic mass is 32.2. The number of hydrogen-bond donors (Lipinski definition) is 3. The summed E-state index contributed by atoms with van der Waals surface area (Å²) in [5, 5.41) is 19.6. The number of aromatic nitrogens is 2. The number of nitrogens with two attached hydrogens (primary N) is 1. The van der Waals surface area contributed by atoms with Crippen LogP contribution in [0.4, 0.5) is 10.5 Å². The molecule has 4 N–H and O–H groups in total. The van der Waals surface area contributed by atoms with Crippen molar-refractivity contribution in [2.75, 3.05) is 12.4 Å². The number of carbonyl (C=O) groups excluding carboxylic acids is 1. The van der Waals surface area contributed by atoms with Gasteiger partial charge in [0.2, 0.25) is 0 Å². The van der Waals surface area contributed by atoms with Crippen molar-refractivity contribution < 1.29 is 18.8 Å². The summed E-state index contributed by atoms with van der Waals surface area (Å²) in [6, 6.07) is -0.767. The molecule has 2 amide bonds. The van der Waals surface area contributed by atoms with E-state index in [1.807, 2.05) is 0 Å². The fraction of sp³-hybridized carbons (Fsp3) is 0.591. The molecule has 33 heavy (non-hydrogen) atoms. The number of fused-ring (bicyclic) bond motifs is 2. The molecule has 11 heteroatoms. The van der Waals surface area contributed by atoms with Gasteiger partial charge in [0.15, 0.2) is 9.92 Å². The number of methoxy groups -OCH3 is 1. The van der Waals surface area contributed by atoms with Gasteiger partial charge in [0.05, 0.1) is 23.7 Å². The maximum atomic E-state index is 13.4. The lowest BCUT2D eigenvalue weighted by Crippen LogP contribution is -2.20. The lowest BCUT2D eigenvalue weighted by Gasteiger charge is -2.20.